The van der Waals surface area contributed by atoms with Gasteiger partial charge in [-0.25, -0.2) is 13.2 Å². The summed E-state index contributed by atoms with van der Waals surface area (Å²) in [6.07, 6.45) is 0.745. The number of carbonyl (C=O) groups excluding carboxylic acids is 2. The Morgan fingerprint density at radius 3 is 2.39 bits per heavy atom. The fourth-order valence-electron chi connectivity index (χ4n) is 3.22. The van der Waals surface area contributed by atoms with Crippen LogP contribution in [0, 0.1) is 0 Å². The number of anilines is 1. The third kappa shape index (κ3) is 5.64. The summed E-state index contributed by atoms with van der Waals surface area (Å²) in [4.78, 5) is 27.5. The van der Waals surface area contributed by atoms with Gasteiger partial charge in [0.05, 0.1) is 24.1 Å². The highest BCUT2D eigenvalue weighted by Gasteiger charge is 2.29. The van der Waals surface area contributed by atoms with Crippen LogP contribution in [0.5, 0.6) is 0 Å². The molecule has 0 radical (unpaired) electrons. The Morgan fingerprint density at radius 2 is 1.81 bits per heavy atom. The lowest BCUT2D eigenvalue weighted by Gasteiger charge is -2.33. The minimum Gasteiger partial charge on any atom is -0.465 e. The highest BCUT2D eigenvalue weighted by Crippen LogP contribution is 2.29. The molecule has 1 aromatic heterocycles. The Balaban J connectivity index is 1.58. The molecular formula is C20H24ClN3O5S2. The third-order valence-corrected chi connectivity index (χ3v) is 8.30. The van der Waals surface area contributed by atoms with Crippen LogP contribution in [-0.2, 0) is 26.0 Å². The van der Waals surface area contributed by atoms with Crippen LogP contribution in [0.2, 0.25) is 5.02 Å². The molecule has 2 heterocycles. The van der Waals surface area contributed by atoms with Crippen LogP contribution in [0.15, 0.2) is 35.2 Å². The highest BCUT2D eigenvalue weighted by molar-refractivity contribution is 7.89. The van der Waals surface area contributed by atoms with Gasteiger partial charge in [-0.05, 0) is 36.8 Å². The predicted molar refractivity (Wildman–Crippen MR) is 120 cm³/mol. The number of sulfonamides is 1. The molecule has 1 amide bonds. The van der Waals surface area contributed by atoms with E-state index in [0.717, 1.165) is 11.3 Å². The lowest BCUT2D eigenvalue weighted by Crippen LogP contribution is -2.50. The quantitative estimate of drug-likeness (QED) is 0.606. The van der Waals surface area contributed by atoms with Crippen molar-refractivity contribution in [2.24, 2.45) is 0 Å². The van der Waals surface area contributed by atoms with E-state index < -0.39 is 16.0 Å². The molecule has 1 saturated heterocycles. The molecule has 0 spiro atoms. The number of aryl methyl sites for hydroxylation is 1. The second-order valence-electron chi connectivity index (χ2n) is 6.98. The van der Waals surface area contributed by atoms with Gasteiger partial charge in [0.2, 0.25) is 15.9 Å². The Kier molecular flexibility index (Phi) is 7.71. The van der Waals surface area contributed by atoms with E-state index in [1.165, 1.54) is 34.9 Å². The van der Waals surface area contributed by atoms with Crippen LogP contribution in [0.4, 0.5) is 5.00 Å². The molecule has 1 fully saturated rings. The Bertz CT molecular complexity index is 1050. The number of hydrogen-bond acceptors (Lipinski definition) is 7. The van der Waals surface area contributed by atoms with E-state index in [9.17, 15) is 18.0 Å². The van der Waals surface area contributed by atoms with Crippen molar-refractivity contribution in [1.82, 2.24) is 9.21 Å². The Hall–Kier alpha value is -1.98. The maximum Gasteiger partial charge on any atom is 0.340 e. The van der Waals surface area contributed by atoms with Gasteiger partial charge in [0.1, 0.15) is 5.00 Å². The van der Waals surface area contributed by atoms with Crippen molar-refractivity contribution in [3.05, 3.63) is 45.8 Å². The number of carbonyl (C=O) groups is 2. The fraction of sp³-hybridized carbons (Fsp3) is 0.400. The number of benzene rings is 1. The standard InChI is InChI=1S/C20H24ClN3O5S2/c1-3-15-12-17(20(26)29-2)19(30-15)22-18(25)13-23-8-10-24(11-9-23)31(27,28)16-6-4-14(21)5-7-16/h4-7,12H,3,8-11,13H2,1-2H3,(H,22,25). The number of esters is 1. The summed E-state index contributed by atoms with van der Waals surface area (Å²) < 4.78 is 31.7. The fourth-order valence-corrected chi connectivity index (χ4v) is 5.77. The largest absolute Gasteiger partial charge is 0.465 e. The Labute approximate surface area is 190 Å². The highest BCUT2D eigenvalue weighted by atomic mass is 35.5. The number of rotatable bonds is 7. The lowest BCUT2D eigenvalue weighted by molar-refractivity contribution is -0.117. The summed E-state index contributed by atoms with van der Waals surface area (Å²) in [5, 5.41) is 3.74. The molecule has 3 rings (SSSR count). The molecule has 168 valence electrons. The average molecular weight is 486 g/mol. The first-order chi connectivity index (χ1) is 14.7. The molecule has 2 aromatic rings. The summed E-state index contributed by atoms with van der Waals surface area (Å²) in [5.41, 5.74) is 0.344. The average Bonchev–Trinajstić information content (AvgIpc) is 3.16. The van der Waals surface area contributed by atoms with Crippen LogP contribution in [0.25, 0.3) is 0 Å². The molecule has 1 N–H and O–H groups in total. The van der Waals surface area contributed by atoms with Crippen molar-refractivity contribution in [1.29, 1.82) is 0 Å². The summed E-state index contributed by atoms with van der Waals surface area (Å²) in [5.74, 6) is -0.754. The number of hydrogen-bond donors (Lipinski definition) is 1. The van der Waals surface area contributed by atoms with Crippen molar-refractivity contribution < 1.29 is 22.7 Å². The topological polar surface area (TPSA) is 96.0 Å². The molecule has 0 bridgehead atoms. The molecular weight excluding hydrogens is 462 g/mol. The van der Waals surface area contributed by atoms with E-state index in [-0.39, 0.29) is 30.4 Å². The van der Waals surface area contributed by atoms with Gasteiger partial charge in [0, 0.05) is 36.1 Å². The van der Waals surface area contributed by atoms with Gasteiger partial charge in [-0.1, -0.05) is 18.5 Å². The maximum absolute atomic E-state index is 12.8. The number of ether oxygens (including phenoxy) is 1. The molecule has 31 heavy (non-hydrogen) atoms. The number of methoxy groups -OCH3 is 1. The zero-order valence-electron chi connectivity index (χ0n) is 17.3. The number of amides is 1. The van der Waals surface area contributed by atoms with E-state index in [1.54, 1.807) is 18.2 Å². The molecule has 0 atom stereocenters. The first kappa shape index (κ1) is 23.7. The summed E-state index contributed by atoms with van der Waals surface area (Å²) in [7, 11) is -2.30. The van der Waals surface area contributed by atoms with Crippen LogP contribution in [0.1, 0.15) is 22.2 Å². The van der Waals surface area contributed by atoms with Crippen LogP contribution >= 0.6 is 22.9 Å². The Morgan fingerprint density at radius 1 is 1.16 bits per heavy atom. The van der Waals surface area contributed by atoms with Crippen LogP contribution in [-0.4, -0.2) is 69.3 Å². The van der Waals surface area contributed by atoms with E-state index in [1.807, 2.05) is 11.8 Å². The van der Waals surface area contributed by atoms with Gasteiger partial charge in [0.15, 0.2) is 0 Å². The minimum atomic E-state index is -3.60. The second-order valence-corrected chi connectivity index (χ2v) is 10.5. The van der Waals surface area contributed by atoms with Crippen molar-refractivity contribution in [3.8, 4) is 0 Å². The van der Waals surface area contributed by atoms with E-state index in [0.29, 0.717) is 28.7 Å². The van der Waals surface area contributed by atoms with Crippen molar-refractivity contribution in [2.75, 3.05) is 45.2 Å². The molecule has 0 aliphatic carbocycles. The maximum atomic E-state index is 12.8. The van der Waals surface area contributed by atoms with Gasteiger partial charge >= 0.3 is 5.97 Å². The zero-order chi connectivity index (χ0) is 22.6. The van der Waals surface area contributed by atoms with Gasteiger partial charge in [-0.3, -0.25) is 9.69 Å². The number of nitrogens with zero attached hydrogens (tertiary/aromatic N) is 2. The third-order valence-electron chi connectivity index (χ3n) is 4.94. The lowest BCUT2D eigenvalue weighted by atomic mass is 10.2. The molecule has 11 heteroatoms. The van der Waals surface area contributed by atoms with Crippen molar-refractivity contribution >= 4 is 49.8 Å². The molecule has 1 aliphatic heterocycles. The molecule has 8 nitrogen and oxygen atoms in total. The second kappa shape index (κ2) is 10.1. The van der Waals surface area contributed by atoms with Crippen molar-refractivity contribution in [2.45, 2.75) is 18.2 Å². The summed E-state index contributed by atoms with van der Waals surface area (Å²) >= 11 is 7.19. The molecule has 0 saturated carbocycles. The van der Waals surface area contributed by atoms with E-state index in [4.69, 9.17) is 16.3 Å². The first-order valence-electron chi connectivity index (χ1n) is 9.73. The number of piperazine rings is 1. The number of nitrogens with one attached hydrogen (secondary N) is 1. The van der Waals surface area contributed by atoms with Crippen LogP contribution < -0.4 is 5.32 Å². The number of halogens is 1. The van der Waals surface area contributed by atoms with Crippen LogP contribution in [0.3, 0.4) is 0 Å². The zero-order valence-corrected chi connectivity index (χ0v) is 19.6. The van der Waals surface area contributed by atoms with E-state index >= 15 is 0 Å². The molecule has 0 unspecified atom stereocenters. The summed E-state index contributed by atoms with van der Waals surface area (Å²) in [6, 6.07) is 7.80. The predicted octanol–water partition coefficient (Wildman–Crippen LogP) is 2.70. The summed E-state index contributed by atoms with van der Waals surface area (Å²) in [6.45, 7) is 3.49. The van der Waals surface area contributed by atoms with Gasteiger partial charge in [-0.15, -0.1) is 11.3 Å². The molecule has 1 aliphatic rings. The van der Waals surface area contributed by atoms with E-state index in [2.05, 4.69) is 5.32 Å². The minimum absolute atomic E-state index is 0.106. The van der Waals surface area contributed by atoms with Gasteiger partial charge < -0.3 is 10.1 Å². The van der Waals surface area contributed by atoms with Gasteiger partial charge in [0.25, 0.3) is 0 Å². The number of thiophene rings is 1. The smallest absolute Gasteiger partial charge is 0.340 e. The van der Waals surface area contributed by atoms with Gasteiger partial charge in [-0.2, -0.15) is 4.31 Å². The van der Waals surface area contributed by atoms with Crippen molar-refractivity contribution in [3.63, 3.8) is 0 Å². The normalized spacial score (nSPS) is 15.6. The SMILES string of the molecule is CCc1cc(C(=O)OC)c(NC(=O)CN2CCN(S(=O)(=O)c3ccc(Cl)cc3)CC2)s1. The molecule has 1 aromatic carbocycles. The monoisotopic (exact) mass is 485 g/mol. The first-order valence-corrected chi connectivity index (χ1v) is 12.4.